The second-order valence-corrected chi connectivity index (χ2v) is 7.26. The van der Waals surface area contributed by atoms with Gasteiger partial charge >= 0.3 is 0 Å². The molecule has 8 heteroatoms. The van der Waals surface area contributed by atoms with Gasteiger partial charge in [-0.05, 0) is 31.2 Å². The summed E-state index contributed by atoms with van der Waals surface area (Å²) in [4.78, 5) is 8.22. The van der Waals surface area contributed by atoms with Crippen molar-refractivity contribution in [2.24, 2.45) is 0 Å². The van der Waals surface area contributed by atoms with E-state index >= 15 is 0 Å². The van der Waals surface area contributed by atoms with Crippen LogP contribution in [0.3, 0.4) is 0 Å². The number of aryl methyl sites for hydroxylation is 1. The van der Waals surface area contributed by atoms with Gasteiger partial charge in [-0.1, -0.05) is 23.8 Å². The van der Waals surface area contributed by atoms with Crippen LogP contribution in [0.2, 0.25) is 0 Å². The minimum atomic E-state index is -3.56. The molecular weight excluding hydrogens is 343 g/mol. The molecule has 0 aliphatic carbocycles. The fraction of sp³-hybridized carbons (Fsp3) is 0.176. The summed E-state index contributed by atoms with van der Waals surface area (Å²) in [5.74, 6) is 0.0297. The molecule has 3 aromatic rings. The number of hydrogen-bond donors (Lipinski definition) is 2. The number of anilines is 1. The van der Waals surface area contributed by atoms with E-state index in [4.69, 9.17) is 0 Å². The summed E-state index contributed by atoms with van der Waals surface area (Å²) in [6.07, 6.45) is 1.27. The van der Waals surface area contributed by atoms with E-state index in [9.17, 15) is 12.8 Å². The van der Waals surface area contributed by atoms with Gasteiger partial charge in [-0.3, -0.25) is 0 Å². The first kappa shape index (κ1) is 17.2. The predicted molar refractivity (Wildman–Crippen MR) is 94.4 cm³/mol. The summed E-state index contributed by atoms with van der Waals surface area (Å²) in [6.45, 7) is 2.35. The van der Waals surface area contributed by atoms with Crippen molar-refractivity contribution < 1.29 is 12.8 Å². The minimum absolute atomic E-state index is 0.164. The molecule has 3 rings (SSSR count). The number of rotatable bonds is 6. The first-order chi connectivity index (χ1) is 12.0. The molecule has 0 saturated heterocycles. The van der Waals surface area contributed by atoms with E-state index in [1.807, 2.05) is 6.92 Å². The Balaban J connectivity index is 1.64. The molecule has 2 aromatic carbocycles. The van der Waals surface area contributed by atoms with E-state index in [1.54, 1.807) is 36.4 Å². The third kappa shape index (κ3) is 3.92. The van der Waals surface area contributed by atoms with Crippen molar-refractivity contribution >= 4 is 26.7 Å². The molecule has 130 valence electrons. The summed E-state index contributed by atoms with van der Waals surface area (Å²) in [7, 11) is -3.56. The lowest BCUT2D eigenvalue weighted by molar-refractivity contribution is 0.583. The van der Waals surface area contributed by atoms with Crippen molar-refractivity contribution in [3.8, 4) is 0 Å². The molecule has 0 amide bonds. The number of sulfonamides is 1. The van der Waals surface area contributed by atoms with Crippen LogP contribution in [-0.2, 0) is 10.0 Å². The number of para-hydroxylation sites is 1. The summed E-state index contributed by atoms with van der Waals surface area (Å²) in [6, 6.07) is 11.2. The lowest BCUT2D eigenvalue weighted by atomic mass is 10.2. The first-order valence-corrected chi connectivity index (χ1v) is 9.15. The number of nitrogens with one attached hydrogen (secondary N) is 2. The van der Waals surface area contributed by atoms with Crippen LogP contribution in [0.15, 0.2) is 53.7 Å². The molecule has 0 fully saturated rings. The van der Waals surface area contributed by atoms with Crippen LogP contribution in [0, 0.1) is 12.7 Å². The highest BCUT2D eigenvalue weighted by Gasteiger charge is 2.13. The molecular formula is C17H17FN4O2S. The maximum absolute atomic E-state index is 13.7. The Bertz CT molecular complexity index is 991. The maximum Gasteiger partial charge on any atom is 0.240 e. The first-order valence-electron chi connectivity index (χ1n) is 7.67. The highest BCUT2D eigenvalue weighted by atomic mass is 32.2. The molecule has 0 bridgehead atoms. The van der Waals surface area contributed by atoms with Crippen molar-refractivity contribution in [3.05, 3.63) is 60.2 Å². The van der Waals surface area contributed by atoms with Gasteiger partial charge in [0, 0.05) is 18.5 Å². The highest BCUT2D eigenvalue weighted by molar-refractivity contribution is 7.89. The minimum Gasteiger partial charge on any atom is -0.368 e. The third-order valence-electron chi connectivity index (χ3n) is 3.66. The number of nitrogens with zero attached hydrogens (tertiary/aromatic N) is 2. The SMILES string of the molecule is Cc1ccc(S(=O)(=O)NCCNc2ncnc3c(F)cccc23)cc1. The zero-order valence-electron chi connectivity index (χ0n) is 13.5. The van der Waals surface area contributed by atoms with E-state index in [-0.39, 0.29) is 17.0 Å². The number of benzene rings is 2. The van der Waals surface area contributed by atoms with Gasteiger partial charge in [0.1, 0.15) is 23.5 Å². The lowest BCUT2D eigenvalue weighted by Crippen LogP contribution is -2.29. The van der Waals surface area contributed by atoms with Gasteiger partial charge < -0.3 is 5.32 Å². The molecule has 2 N–H and O–H groups in total. The summed E-state index contributed by atoms with van der Waals surface area (Å²) >= 11 is 0. The Morgan fingerprint density at radius 1 is 1.04 bits per heavy atom. The van der Waals surface area contributed by atoms with Crippen LogP contribution in [0.25, 0.3) is 10.9 Å². The summed E-state index contributed by atoms with van der Waals surface area (Å²) in [5, 5.41) is 3.55. The third-order valence-corrected chi connectivity index (χ3v) is 5.13. The Labute approximate surface area is 145 Å². The number of fused-ring (bicyclic) bond motifs is 1. The van der Waals surface area contributed by atoms with Gasteiger partial charge in [0.05, 0.1) is 4.90 Å². The molecule has 0 aliphatic heterocycles. The fourth-order valence-electron chi connectivity index (χ4n) is 2.36. The molecule has 0 spiro atoms. The van der Waals surface area contributed by atoms with Gasteiger partial charge in [0.15, 0.2) is 0 Å². The molecule has 0 aliphatic rings. The molecule has 1 heterocycles. The summed E-state index contributed by atoms with van der Waals surface area (Å²) < 4.78 is 40.6. The maximum atomic E-state index is 13.7. The van der Waals surface area contributed by atoms with Crippen molar-refractivity contribution in [1.82, 2.24) is 14.7 Å². The van der Waals surface area contributed by atoms with Crippen molar-refractivity contribution in [2.45, 2.75) is 11.8 Å². The van der Waals surface area contributed by atoms with E-state index in [0.717, 1.165) is 5.56 Å². The zero-order chi connectivity index (χ0) is 17.9. The molecule has 25 heavy (non-hydrogen) atoms. The molecule has 0 radical (unpaired) electrons. The van der Waals surface area contributed by atoms with E-state index in [0.29, 0.717) is 17.7 Å². The normalized spacial score (nSPS) is 11.6. The molecule has 6 nitrogen and oxygen atoms in total. The number of halogens is 1. The topological polar surface area (TPSA) is 84.0 Å². The largest absolute Gasteiger partial charge is 0.368 e. The van der Waals surface area contributed by atoms with Gasteiger partial charge in [0.2, 0.25) is 10.0 Å². The smallest absolute Gasteiger partial charge is 0.240 e. The highest BCUT2D eigenvalue weighted by Crippen LogP contribution is 2.20. The number of aromatic nitrogens is 2. The Kier molecular flexibility index (Phi) is 4.91. The number of hydrogen-bond acceptors (Lipinski definition) is 5. The Hall–Kier alpha value is -2.58. The second kappa shape index (κ2) is 7.12. The van der Waals surface area contributed by atoms with Crippen LogP contribution in [0.4, 0.5) is 10.2 Å². The monoisotopic (exact) mass is 360 g/mol. The van der Waals surface area contributed by atoms with Crippen LogP contribution in [0.5, 0.6) is 0 Å². The molecule has 0 atom stereocenters. The van der Waals surface area contributed by atoms with Crippen molar-refractivity contribution in [1.29, 1.82) is 0 Å². The molecule has 0 saturated carbocycles. The van der Waals surface area contributed by atoms with Crippen LogP contribution in [-0.4, -0.2) is 31.5 Å². The van der Waals surface area contributed by atoms with Gasteiger partial charge in [-0.2, -0.15) is 0 Å². The fourth-order valence-corrected chi connectivity index (χ4v) is 3.39. The standard InChI is InChI=1S/C17H17FN4O2S/c1-12-5-7-13(8-6-12)25(23,24)22-10-9-19-17-14-3-2-4-15(18)16(14)20-11-21-17/h2-8,11,22H,9-10H2,1H3,(H,19,20,21). The lowest BCUT2D eigenvalue weighted by Gasteiger charge is -2.10. The quantitative estimate of drug-likeness (QED) is 0.660. The van der Waals surface area contributed by atoms with Gasteiger partial charge in [0.25, 0.3) is 0 Å². The van der Waals surface area contributed by atoms with Crippen LogP contribution < -0.4 is 10.0 Å². The molecule has 0 unspecified atom stereocenters. The average Bonchev–Trinajstić information content (AvgIpc) is 2.60. The predicted octanol–water partition coefficient (Wildman–Crippen LogP) is 2.47. The van der Waals surface area contributed by atoms with Crippen molar-refractivity contribution in [3.63, 3.8) is 0 Å². The van der Waals surface area contributed by atoms with Crippen molar-refractivity contribution in [2.75, 3.05) is 18.4 Å². The van der Waals surface area contributed by atoms with Gasteiger partial charge in [-0.25, -0.2) is 27.5 Å². The van der Waals surface area contributed by atoms with Gasteiger partial charge in [-0.15, -0.1) is 0 Å². The van der Waals surface area contributed by atoms with E-state index < -0.39 is 15.8 Å². The Morgan fingerprint density at radius 2 is 1.80 bits per heavy atom. The second-order valence-electron chi connectivity index (χ2n) is 5.50. The molecule has 1 aromatic heterocycles. The van der Waals surface area contributed by atoms with E-state index in [2.05, 4.69) is 20.0 Å². The van der Waals surface area contributed by atoms with Crippen LogP contribution in [0.1, 0.15) is 5.56 Å². The Morgan fingerprint density at radius 3 is 2.56 bits per heavy atom. The zero-order valence-corrected chi connectivity index (χ0v) is 14.3. The van der Waals surface area contributed by atoms with Crippen LogP contribution >= 0.6 is 0 Å². The summed E-state index contributed by atoms with van der Waals surface area (Å²) in [5.41, 5.74) is 1.21. The average molecular weight is 360 g/mol. The van der Waals surface area contributed by atoms with E-state index in [1.165, 1.54) is 12.4 Å².